The van der Waals surface area contributed by atoms with Crippen LogP contribution in [-0.4, -0.2) is 11.0 Å². The number of anilines is 1. The Labute approximate surface area is 129 Å². The van der Waals surface area contributed by atoms with Crippen LogP contribution in [-0.2, 0) is 4.79 Å². The maximum Gasteiger partial charge on any atom is 0.244 e. The number of aromatic hydroxyl groups is 1. The van der Waals surface area contributed by atoms with Crippen molar-refractivity contribution in [2.45, 2.75) is 6.04 Å². The summed E-state index contributed by atoms with van der Waals surface area (Å²) >= 11 is 9.22. The average molecular weight is 356 g/mol. The largest absolute Gasteiger partial charge is 0.508 e. The van der Waals surface area contributed by atoms with Crippen LogP contribution in [0, 0.1) is 0 Å². The van der Waals surface area contributed by atoms with E-state index in [9.17, 15) is 9.90 Å². The Kier molecular flexibility index (Phi) is 4.52. The van der Waals surface area contributed by atoms with E-state index in [-0.39, 0.29) is 5.75 Å². The number of benzene rings is 2. The Morgan fingerprint density at radius 1 is 1.30 bits per heavy atom. The van der Waals surface area contributed by atoms with Gasteiger partial charge in [0, 0.05) is 15.7 Å². The molecule has 20 heavy (non-hydrogen) atoms. The molecule has 0 aromatic heterocycles. The van der Waals surface area contributed by atoms with Gasteiger partial charge in [-0.3, -0.25) is 4.79 Å². The minimum absolute atomic E-state index is 0.0110. The normalized spacial score (nSPS) is 11.9. The van der Waals surface area contributed by atoms with Crippen molar-refractivity contribution in [1.82, 2.24) is 0 Å². The first-order chi connectivity index (χ1) is 9.49. The summed E-state index contributed by atoms with van der Waals surface area (Å²) in [5.74, 6) is -0.575. The van der Waals surface area contributed by atoms with Crippen molar-refractivity contribution in [3.8, 4) is 5.75 Å². The molecule has 2 aromatic carbocycles. The zero-order valence-corrected chi connectivity index (χ0v) is 12.6. The molecule has 0 spiro atoms. The van der Waals surface area contributed by atoms with Gasteiger partial charge in [-0.25, -0.2) is 0 Å². The molecule has 0 aliphatic heterocycles. The van der Waals surface area contributed by atoms with E-state index in [0.717, 1.165) is 0 Å². The third kappa shape index (κ3) is 3.23. The molecule has 0 aliphatic carbocycles. The molecule has 1 unspecified atom stereocenters. The minimum atomic E-state index is -0.829. The smallest absolute Gasteiger partial charge is 0.244 e. The molecule has 4 nitrogen and oxygen atoms in total. The van der Waals surface area contributed by atoms with Gasteiger partial charge >= 0.3 is 0 Å². The SMILES string of the molecule is NC(=O)C(Nc1ccc(Cl)c(Br)c1)c1ccccc1O. The summed E-state index contributed by atoms with van der Waals surface area (Å²) in [4.78, 5) is 11.6. The molecule has 6 heteroatoms. The van der Waals surface area contributed by atoms with Crippen LogP contribution < -0.4 is 11.1 Å². The van der Waals surface area contributed by atoms with Crippen molar-refractivity contribution in [1.29, 1.82) is 0 Å². The van der Waals surface area contributed by atoms with Gasteiger partial charge < -0.3 is 16.2 Å². The lowest BCUT2D eigenvalue weighted by Crippen LogP contribution is -2.27. The molecule has 104 valence electrons. The van der Waals surface area contributed by atoms with Gasteiger partial charge in [0.2, 0.25) is 5.91 Å². The first-order valence-electron chi connectivity index (χ1n) is 5.78. The summed E-state index contributed by atoms with van der Waals surface area (Å²) in [6.07, 6.45) is 0. The van der Waals surface area contributed by atoms with Crippen molar-refractivity contribution >= 4 is 39.1 Å². The van der Waals surface area contributed by atoms with E-state index in [4.69, 9.17) is 17.3 Å². The average Bonchev–Trinajstić information content (AvgIpc) is 2.41. The van der Waals surface area contributed by atoms with Crippen molar-refractivity contribution in [2.75, 3.05) is 5.32 Å². The molecular formula is C14H12BrClN2O2. The number of hydrogen-bond acceptors (Lipinski definition) is 3. The van der Waals surface area contributed by atoms with Gasteiger partial charge in [-0.1, -0.05) is 29.8 Å². The molecule has 0 radical (unpaired) electrons. The summed E-state index contributed by atoms with van der Waals surface area (Å²) in [6.45, 7) is 0. The number of rotatable bonds is 4. The molecule has 2 rings (SSSR count). The summed E-state index contributed by atoms with van der Waals surface area (Å²) in [5, 5.41) is 13.4. The van der Waals surface area contributed by atoms with E-state index < -0.39 is 11.9 Å². The number of para-hydroxylation sites is 1. The Bertz CT molecular complexity index is 649. The highest BCUT2D eigenvalue weighted by atomic mass is 79.9. The topological polar surface area (TPSA) is 75.4 Å². The zero-order valence-electron chi connectivity index (χ0n) is 10.3. The first-order valence-corrected chi connectivity index (χ1v) is 6.95. The summed E-state index contributed by atoms with van der Waals surface area (Å²) in [5.41, 5.74) is 6.49. The number of nitrogens with one attached hydrogen (secondary N) is 1. The maximum absolute atomic E-state index is 11.6. The summed E-state index contributed by atoms with van der Waals surface area (Å²) < 4.78 is 0.699. The summed E-state index contributed by atoms with van der Waals surface area (Å²) in [6, 6.07) is 10.9. The lowest BCUT2D eigenvalue weighted by atomic mass is 10.0. The molecule has 2 aromatic rings. The van der Waals surface area contributed by atoms with E-state index in [1.54, 1.807) is 36.4 Å². The van der Waals surface area contributed by atoms with Crippen molar-refractivity contribution in [2.24, 2.45) is 5.73 Å². The molecular weight excluding hydrogens is 344 g/mol. The maximum atomic E-state index is 11.6. The molecule has 0 saturated carbocycles. The lowest BCUT2D eigenvalue weighted by molar-refractivity contribution is -0.118. The van der Waals surface area contributed by atoms with Crippen LogP contribution in [0.15, 0.2) is 46.9 Å². The number of halogens is 2. The Hall–Kier alpha value is -1.72. The second-order valence-corrected chi connectivity index (χ2v) is 5.43. The fourth-order valence-corrected chi connectivity index (χ4v) is 2.28. The van der Waals surface area contributed by atoms with Crippen LogP contribution in [0.1, 0.15) is 11.6 Å². The second-order valence-electron chi connectivity index (χ2n) is 4.17. The second kappa shape index (κ2) is 6.15. The van der Waals surface area contributed by atoms with Crippen LogP contribution >= 0.6 is 27.5 Å². The van der Waals surface area contributed by atoms with E-state index in [2.05, 4.69) is 21.2 Å². The quantitative estimate of drug-likeness (QED) is 0.786. The molecule has 0 bridgehead atoms. The van der Waals surface area contributed by atoms with Crippen molar-refractivity contribution in [3.05, 3.63) is 57.5 Å². The van der Waals surface area contributed by atoms with Gasteiger partial charge in [0.25, 0.3) is 0 Å². The van der Waals surface area contributed by atoms with E-state index >= 15 is 0 Å². The van der Waals surface area contributed by atoms with Gasteiger partial charge in [-0.05, 0) is 40.2 Å². The van der Waals surface area contributed by atoms with E-state index in [1.165, 1.54) is 6.07 Å². The van der Waals surface area contributed by atoms with E-state index in [1.807, 2.05) is 0 Å². The van der Waals surface area contributed by atoms with Gasteiger partial charge in [-0.2, -0.15) is 0 Å². The number of amides is 1. The van der Waals surface area contributed by atoms with Crippen LogP contribution in [0.5, 0.6) is 5.75 Å². The highest BCUT2D eigenvalue weighted by molar-refractivity contribution is 9.10. The van der Waals surface area contributed by atoms with Gasteiger partial charge in [0.1, 0.15) is 11.8 Å². The fourth-order valence-electron chi connectivity index (χ4n) is 1.79. The van der Waals surface area contributed by atoms with Gasteiger partial charge in [-0.15, -0.1) is 0 Å². The molecule has 1 amide bonds. The molecule has 1 atom stereocenters. The fraction of sp³-hybridized carbons (Fsp3) is 0.0714. The summed E-state index contributed by atoms with van der Waals surface area (Å²) in [7, 11) is 0. The van der Waals surface area contributed by atoms with Crippen LogP contribution in [0.3, 0.4) is 0 Å². The van der Waals surface area contributed by atoms with Crippen LogP contribution in [0.2, 0.25) is 5.02 Å². The Balaban J connectivity index is 2.33. The number of hydrogen-bond donors (Lipinski definition) is 3. The highest BCUT2D eigenvalue weighted by Crippen LogP contribution is 2.30. The van der Waals surface area contributed by atoms with E-state index in [0.29, 0.717) is 20.7 Å². The van der Waals surface area contributed by atoms with Gasteiger partial charge in [0.15, 0.2) is 0 Å². The predicted octanol–water partition coefficient (Wildman–Crippen LogP) is 3.45. The Morgan fingerprint density at radius 2 is 2.00 bits per heavy atom. The number of phenols is 1. The third-order valence-corrected chi connectivity index (χ3v) is 3.98. The molecule has 0 heterocycles. The standard InChI is InChI=1S/C14H12BrClN2O2/c15-10-7-8(5-6-11(10)16)18-13(14(17)20)9-3-1-2-4-12(9)19/h1-7,13,18-19H,(H2,17,20). The zero-order chi connectivity index (χ0) is 14.7. The van der Waals surface area contributed by atoms with Crippen molar-refractivity contribution < 1.29 is 9.90 Å². The molecule has 0 fully saturated rings. The number of nitrogens with two attached hydrogens (primary N) is 1. The third-order valence-electron chi connectivity index (χ3n) is 2.76. The predicted molar refractivity (Wildman–Crippen MR) is 82.8 cm³/mol. The number of carbonyl (C=O) groups is 1. The monoisotopic (exact) mass is 354 g/mol. The lowest BCUT2D eigenvalue weighted by Gasteiger charge is -2.18. The highest BCUT2D eigenvalue weighted by Gasteiger charge is 2.20. The molecule has 4 N–H and O–H groups in total. The van der Waals surface area contributed by atoms with Crippen molar-refractivity contribution in [3.63, 3.8) is 0 Å². The Morgan fingerprint density at radius 3 is 2.60 bits per heavy atom. The number of carbonyl (C=O) groups excluding carboxylic acids is 1. The minimum Gasteiger partial charge on any atom is -0.508 e. The van der Waals surface area contributed by atoms with Gasteiger partial charge in [0.05, 0.1) is 5.02 Å². The first kappa shape index (κ1) is 14.7. The number of primary amides is 1. The molecule has 0 aliphatic rings. The van der Waals surface area contributed by atoms with Crippen LogP contribution in [0.4, 0.5) is 5.69 Å². The number of phenolic OH excluding ortho intramolecular Hbond substituents is 1. The van der Waals surface area contributed by atoms with Crippen LogP contribution in [0.25, 0.3) is 0 Å². The molecule has 0 saturated heterocycles.